The maximum Gasteiger partial charge on any atom is 0.256 e. The minimum absolute atomic E-state index is 0.175. The van der Waals surface area contributed by atoms with Gasteiger partial charge in [-0.15, -0.1) is 6.58 Å². The molecule has 8 nitrogen and oxygen atoms in total. The van der Waals surface area contributed by atoms with Crippen LogP contribution in [0.15, 0.2) is 49.3 Å². The molecule has 182 valence electrons. The van der Waals surface area contributed by atoms with Crippen molar-refractivity contribution in [3.05, 3.63) is 77.5 Å². The number of rotatable bonds is 7. The van der Waals surface area contributed by atoms with E-state index in [0.29, 0.717) is 5.69 Å². The Morgan fingerprint density at radius 1 is 1.20 bits per heavy atom. The van der Waals surface area contributed by atoms with Crippen molar-refractivity contribution in [2.75, 3.05) is 23.7 Å². The van der Waals surface area contributed by atoms with E-state index in [4.69, 9.17) is 0 Å². The molecule has 1 amide bonds. The second-order valence-corrected chi connectivity index (χ2v) is 9.39. The molecular formula is C26H30FN7O. The summed E-state index contributed by atoms with van der Waals surface area (Å²) >= 11 is 0. The Morgan fingerprint density at radius 3 is 2.80 bits per heavy atom. The number of carbonyl (C=O) groups is 1. The zero-order chi connectivity index (χ0) is 25.0. The molecule has 1 aliphatic heterocycles. The summed E-state index contributed by atoms with van der Waals surface area (Å²) in [4.78, 5) is 25.8. The van der Waals surface area contributed by atoms with Gasteiger partial charge in [0.1, 0.15) is 11.4 Å². The smallest absolute Gasteiger partial charge is 0.256 e. The van der Waals surface area contributed by atoms with E-state index >= 15 is 4.39 Å². The number of amides is 1. The van der Waals surface area contributed by atoms with E-state index in [1.807, 2.05) is 26.8 Å². The van der Waals surface area contributed by atoms with Crippen molar-refractivity contribution in [2.45, 2.75) is 39.2 Å². The van der Waals surface area contributed by atoms with Crippen molar-refractivity contribution >= 4 is 29.0 Å². The lowest BCUT2D eigenvalue weighted by Gasteiger charge is -2.20. The fourth-order valence-electron chi connectivity index (χ4n) is 3.84. The average molecular weight is 476 g/mol. The maximum atomic E-state index is 15.3. The highest BCUT2D eigenvalue weighted by molar-refractivity contribution is 5.99. The number of hydrogen-bond acceptors (Lipinski definition) is 7. The van der Waals surface area contributed by atoms with Gasteiger partial charge < -0.3 is 21.3 Å². The van der Waals surface area contributed by atoms with Crippen LogP contribution in [0.1, 0.15) is 48.0 Å². The quantitative estimate of drug-likeness (QED) is 0.377. The molecule has 35 heavy (non-hydrogen) atoms. The van der Waals surface area contributed by atoms with Gasteiger partial charge in [0.2, 0.25) is 5.95 Å². The molecule has 3 aromatic rings. The van der Waals surface area contributed by atoms with Gasteiger partial charge >= 0.3 is 0 Å². The van der Waals surface area contributed by atoms with Crippen molar-refractivity contribution in [3.8, 4) is 0 Å². The van der Waals surface area contributed by atoms with Crippen LogP contribution in [0.5, 0.6) is 0 Å². The van der Waals surface area contributed by atoms with Gasteiger partial charge in [0.15, 0.2) is 5.82 Å². The number of nitrogens with one attached hydrogen (secondary N) is 4. The van der Waals surface area contributed by atoms with Gasteiger partial charge in [0.25, 0.3) is 5.91 Å². The predicted octanol–water partition coefficient (Wildman–Crippen LogP) is 4.36. The van der Waals surface area contributed by atoms with Gasteiger partial charge in [-0.1, -0.05) is 32.9 Å². The molecule has 1 aromatic carbocycles. The summed E-state index contributed by atoms with van der Waals surface area (Å²) in [6.45, 7) is 11.3. The molecule has 1 aliphatic rings. The second kappa shape index (κ2) is 10.2. The lowest BCUT2D eigenvalue weighted by atomic mass is 9.91. The Labute approximate surface area is 204 Å². The Bertz CT molecular complexity index is 1250. The first-order valence-electron chi connectivity index (χ1n) is 11.5. The Hall–Kier alpha value is -3.85. The molecule has 0 radical (unpaired) electrons. The van der Waals surface area contributed by atoms with E-state index in [1.165, 1.54) is 29.6 Å². The Balaban J connectivity index is 1.68. The van der Waals surface area contributed by atoms with Gasteiger partial charge in [-0.3, -0.25) is 9.78 Å². The first-order chi connectivity index (χ1) is 16.8. The Kier molecular flexibility index (Phi) is 7.07. The number of halogens is 1. The number of anilines is 4. The summed E-state index contributed by atoms with van der Waals surface area (Å²) in [5.74, 6) is -0.428. The minimum atomic E-state index is -0.494. The van der Waals surface area contributed by atoms with Crippen LogP contribution in [0, 0.1) is 5.82 Å². The first kappa shape index (κ1) is 24.3. The van der Waals surface area contributed by atoms with Crippen molar-refractivity contribution in [1.29, 1.82) is 0 Å². The van der Waals surface area contributed by atoms with Gasteiger partial charge in [-0.25, -0.2) is 9.37 Å². The van der Waals surface area contributed by atoms with Crippen LogP contribution in [0.25, 0.3) is 0 Å². The number of hydrogen-bond donors (Lipinski definition) is 4. The molecule has 4 rings (SSSR count). The number of benzene rings is 1. The third kappa shape index (κ3) is 5.63. The van der Waals surface area contributed by atoms with Crippen molar-refractivity contribution in [1.82, 2.24) is 25.6 Å². The van der Waals surface area contributed by atoms with Crippen LogP contribution in [0.2, 0.25) is 0 Å². The lowest BCUT2D eigenvalue weighted by Crippen LogP contribution is -2.25. The molecular weight excluding hydrogens is 445 g/mol. The molecule has 0 unspecified atom stereocenters. The fourth-order valence-corrected chi connectivity index (χ4v) is 3.84. The van der Waals surface area contributed by atoms with E-state index in [9.17, 15) is 4.79 Å². The molecule has 0 saturated heterocycles. The molecule has 3 heterocycles. The monoisotopic (exact) mass is 475 g/mol. The number of nitrogens with zero attached hydrogens (tertiary/aromatic N) is 3. The molecule has 9 heteroatoms. The van der Waals surface area contributed by atoms with Crippen LogP contribution >= 0.6 is 0 Å². The van der Waals surface area contributed by atoms with Gasteiger partial charge in [-0.05, 0) is 42.3 Å². The van der Waals surface area contributed by atoms with Crippen LogP contribution in [0.4, 0.5) is 27.5 Å². The van der Waals surface area contributed by atoms with E-state index in [1.54, 1.807) is 6.08 Å². The summed E-state index contributed by atoms with van der Waals surface area (Å²) in [6, 6.07) is 7.63. The van der Waals surface area contributed by atoms with Crippen molar-refractivity contribution < 1.29 is 9.18 Å². The fraction of sp³-hybridized carbons (Fsp3) is 0.308. The second-order valence-electron chi connectivity index (χ2n) is 9.39. The van der Waals surface area contributed by atoms with Gasteiger partial charge in [0.05, 0.1) is 11.4 Å². The third-order valence-electron chi connectivity index (χ3n) is 5.64. The van der Waals surface area contributed by atoms with Crippen LogP contribution in [-0.4, -0.2) is 33.9 Å². The normalized spacial score (nSPS) is 13.0. The average Bonchev–Trinajstić information content (AvgIpc) is 2.83. The SMILES string of the molecule is C=CCNC(=O)c1cnc(Nc2ccc3c(c2)CCNC3)nc1Nc1ccnc(C(C)(C)C)c1F. The summed E-state index contributed by atoms with van der Waals surface area (Å²) < 4.78 is 15.3. The van der Waals surface area contributed by atoms with Crippen LogP contribution < -0.4 is 21.3 Å². The number of aromatic nitrogens is 3. The van der Waals surface area contributed by atoms with Gasteiger partial charge in [-0.2, -0.15) is 4.98 Å². The zero-order valence-corrected chi connectivity index (χ0v) is 20.2. The summed E-state index contributed by atoms with van der Waals surface area (Å²) in [5, 5.41) is 12.3. The van der Waals surface area contributed by atoms with Gasteiger partial charge in [0, 0.05) is 36.6 Å². The number of carbonyl (C=O) groups excluding carboxylic acids is 1. The van der Waals surface area contributed by atoms with E-state index < -0.39 is 17.1 Å². The molecule has 0 spiro atoms. The predicted molar refractivity (Wildman–Crippen MR) is 136 cm³/mol. The van der Waals surface area contributed by atoms with Crippen LogP contribution in [-0.2, 0) is 18.4 Å². The highest BCUT2D eigenvalue weighted by Gasteiger charge is 2.23. The number of pyridine rings is 1. The molecule has 4 N–H and O–H groups in total. The minimum Gasteiger partial charge on any atom is -0.348 e. The summed E-state index contributed by atoms with van der Waals surface area (Å²) in [5.41, 5.74) is 3.55. The topological polar surface area (TPSA) is 104 Å². The van der Waals surface area contributed by atoms with E-state index in [0.717, 1.165) is 25.2 Å². The summed E-state index contributed by atoms with van der Waals surface area (Å²) in [6.07, 6.45) is 5.47. The highest BCUT2D eigenvalue weighted by atomic mass is 19.1. The number of fused-ring (bicyclic) bond motifs is 1. The zero-order valence-electron chi connectivity index (χ0n) is 20.2. The standard InChI is InChI=1S/C26H30FN7O/c1-5-10-30-24(35)19-15-31-25(32-18-7-6-17-14-28-11-8-16(17)13-18)34-23(19)33-20-9-12-29-22(21(20)27)26(2,3)4/h5-7,9,12-13,15,28H,1,8,10-11,14H2,2-4H3,(H,30,35)(H2,29,31,32,33,34). The highest BCUT2D eigenvalue weighted by Crippen LogP contribution is 2.30. The molecule has 0 bridgehead atoms. The Morgan fingerprint density at radius 2 is 2.03 bits per heavy atom. The van der Waals surface area contributed by atoms with Crippen LogP contribution in [0.3, 0.4) is 0 Å². The van der Waals surface area contributed by atoms with E-state index in [2.05, 4.69) is 54.9 Å². The molecule has 0 saturated carbocycles. The summed E-state index contributed by atoms with van der Waals surface area (Å²) in [7, 11) is 0. The largest absolute Gasteiger partial charge is 0.348 e. The van der Waals surface area contributed by atoms with E-state index in [-0.39, 0.29) is 29.6 Å². The lowest BCUT2D eigenvalue weighted by molar-refractivity contribution is 0.0958. The molecule has 0 aliphatic carbocycles. The van der Waals surface area contributed by atoms with Crippen molar-refractivity contribution in [2.24, 2.45) is 0 Å². The van der Waals surface area contributed by atoms with Crippen molar-refractivity contribution in [3.63, 3.8) is 0 Å². The molecule has 0 atom stereocenters. The molecule has 0 fully saturated rings. The third-order valence-corrected chi connectivity index (χ3v) is 5.64. The molecule has 2 aromatic heterocycles. The maximum absolute atomic E-state index is 15.3. The first-order valence-corrected chi connectivity index (χ1v) is 11.5.